The van der Waals surface area contributed by atoms with Gasteiger partial charge in [-0.2, -0.15) is 0 Å². The molecule has 1 unspecified atom stereocenters. The van der Waals surface area contributed by atoms with E-state index in [4.69, 9.17) is 4.74 Å². The molecule has 26 heavy (non-hydrogen) atoms. The number of rotatable bonds is 4. The van der Waals surface area contributed by atoms with Crippen LogP contribution in [-0.4, -0.2) is 39.6 Å². The number of allylic oxidation sites excluding steroid dienone is 1. The summed E-state index contributed by atoms with van der Waals surface area (Å²) in [7, 11) is 0. The Morgan fingerprint density at radius 2 is 1.96 bits per heavy atom. The van der Waals surface area contributed by atoms with Crippen LogP contribution >= 0.6 is 0 Å². The van der Waals surface area contributed by atoms with Gasteiger partial charge in [0.2, 0.25) is 0 Å². The zero-order valence-corrected chi connectivity index (χ0v) is 16.2. The number of hydrogen-bond acceptors (Lipinski definition) is 5. The third-order valence-corrected chi connectivity index (χ3v) is 6.65. The van der Waals surface area contributed by atoms with Gasteiger partial charge in [-0.3, -0.25) is 9.59 Å². The molecule has 2 rings (SSSR count). The molecule has 0 bridgehead atoms. The number of carbonyl (C=O) groups is 3. The second-order valence-electron chi connectivity index (χ2n) is 8.45. The van der Waals surface area contributed by atoms with Gasteiger partial charge in [0, 0.05) is 17.9 Å². The molecular formula is C20H30O6. The first kappa shape index (κ1) is 20.6. The van der Waals surface area contributed by atoms with Crippen LogP contribution in [0.1, 0.15) is 60.3 Å². The average molecular weight is 366 g/mol. The monoisotopic (exact) mass is 366 g/mol. The Morgan fingerprint density at radius 3 is 2.50 bits per heavy atom. The first-order valence-corrected chi connectivity index (χ1v) is 9.25. The number of carboxylic acids is 1. The molecule has 0 aromatic rings. The van der Waals surface area contributed by atoms with E-state index >= 15 is 0 Å². The van der Waals surface area contributed by atoms with Crippen LogP contribution in [0.5, 0.6) is 0 Å². The fourth-order valence-electron chi connectivity index (χ4n) is 4.68. The van der Waals surface area contributed by atoms with Crippen molar-refractivity contribution in [2.45, 2.75) is 72.0 Å². The number of Topliss-reactive ketones (excluding diaryl/α,β-unsaturated/α-hetero) is 1. The molecule has 2 N–H and O–H groups in total. The van der Waals surface area contributed by atoms with Crippen LogP contribution in [0.4, 0.5) is 0 Å². The number of aliphatic carboxylic acids is 1. The highest BCUT2D eigenvalue weighted by Gasteiger charge is 2.59. The van der Waals surface area contributed by atoms with E-state index in [2.05, 4.69) is 0 Å². The van der Waals surface area contributed by atoms with Gasteiger partial charge in [0.15, 0.2) is 0 Å². The topological polar surface area (TPSA) is 101 Å². The summed E-state index contributed by atoms with van der Waals surface area (Å²) in [6, 6.07) is 0. The lowest BCUT2D eigenvalue weighted by molar-refractivity contribution is -0.205. The molecule has 0 spiro atoms. The number of esters is 1. The summed E-state index contributed by atoms with van der Waals surface area (Å²) in [6.45, 7) is 8.57. The maximum Gasteiger partial charge on any atom is 0.333 e. The van der Waals surface area contributed by atoms with Gasteiger partial charge in [0.25, 0.3) is 0 Å². The highest BCUT2D eigenvalue weighted by Crippen LogP contribution is 2.56. The standard InChI is InChI=1S/C20H30O6/c1-6-11(2)18(24)26-16-7-8-19(4)10-14(21)13(12(3)17(22)23)9-15(19)20(16,5)25/h6,12-13,15-16,25H,7-10H2,1-5H3,(H,22,23)/b11-6-/t12?,13-,15-,16+,19-,20+/m1/s1. The zero-order valence-electron chi connectivity index (χ0n) is 16.2. The van der Waals surface area contributed by atoms with Crippen molar-refractivity contribution in [3.8, 4) is 0 Å². The summed E-state index contributed by atoms with van der Waals surface area (Å²) in [6.07, 6.45) is 2.68. The molecule has 0 amide bonds. The predicted molar refractivity (Wildman–Crippen MR) is 95.3 cm³/mol. The van der Waals surface area contributed by atoms with E-state index in [-0.39, 0.29) is 18.1 Å². The molecule has 0 aromatic heterocycles. The number of hydrogen-bond donors (Lipinski definition) is 2. The van der Waals surface area contributed by atoms with Crippen LogP contribution in [-0.2, 0) is 19.1 Å². The summed E-state index contributed by atoms with van der Waals surface area (Å²) in [4.78, 5) is 36.1. The number of carboxylic acid groups (broad SMARTS) is 1. The van der Waals surface area contributed by atoms with Crippen molar-refractivity contribution < 1.29 is 29.3 Å². The highest BCUT2D eigenvalue weighted by molar-refractivity contribution is 5.88. The molecule has 0 saturated heterocycles. The molecule has 0 heterocycles. The smallest absolute Gasteiger partial charge is 0.333 e. The molecule has 2 fully saturated rings. The minimum Gasteiger partial charge on any atom is -0.481 e. The van der Waals surface area contributed by atoms with Crippen LogP contribution < -0.4 is 0 Å². The highest BCUT2D eigenvalue weighted by atomic mass is 16.6. The van der Waals surface area contributed by atoms with Crippen molar-refractivity contribution in [3.05, 3.63) is 11.6 Å². The van der Waals surface area contributed by atoms with Gasteiger partial charge in [-0.25, -0.2) is 4.79 Å². The van der Waals surface area contributed by atoms with Crippen LogP contribution in [0.25, 0.3) is 0 Å². The van der Waals surface area contributed by atoms with Gasteiger partial charge >= 0.3 is 11.9 Å². The Bertz CT molecular complexity index is 634. The van der Waals surface area contributed by atoms with Crippen LogP contribution in [0.2, 0.25) is 0 Å². The summed E-state index contributed by atoms with van der Waals surface area (Å²) >= 11 is 0. The molecule has 6 heteroatoms. The van der Waals surface area contributed by atoms with E-state index < -0.39 is 40.9 Å². The molecule has 6 atom stereocenters. The van der Waals surface area contributed by atoms with Crippen molar-refractivity contribution in [1.82, 2.24) is 0 Å². The fraction of sp³-hybridized carbons (Fsp3) is 0.750. The van der Waals surface area contributed by atoms with Crippen molar-refractivity contribution >= 4 is 17.7 Å². The van der Waals surface area contributed by atoms with Gasteiger partial charge in [0.1, 0.15) is 17.5 Å². The Morgan fingerprint density at radius 1 is 1.35 bits per heavy atom. The summed E-state index contributed by atoms with van der Waals surface area (Å²) < 4.78 is 5.56. The number of ketones is 1. The lowest BCUT2D eigenvalue weighted by Crippen LogP contribution is -2.61. The van der Waals surface area contributed by atoms with E-state index in [1.807, 2.05) is 6.92 Å². The second kappa shape index (κ2) is 7.14. The average Bonchev–Trinajstić information content (AvgIpc) is 2.55. The normalized spacial score (nSPS) is 39.1. The van der Waals surface area contributed by atoms with Crippen molar-refractivity contribution in [2.75, 3.05) is 0 Å². The molecular weight excluding hydrogens is 336 g/mol. The lowest BCUT2D eigenvalue weighted by atomic mass is 9.51. The molecule has 2 saturated carbocycles. The maximum atomic E-state index is 12.6. The number of ether oxygens (including phenoxy) is 1. The van der Waals surface area contributed by atoms with Crippen molar-refractivity contribution in [2.24, 2.45) is 23.2 Å². The predicted octanol–water partition coefficient (Wildman–Crippen LogP) is 2.73. The molecule has 6 nitrogen and oxygen atoms in total. The van der Waals surface area contributed by atoms with Crippen LogP contribution in [0, 0.1) is 23.2 Å². The molecule has 2 aliphatic rings. The molecule has 0 aliphatic heterocycles. The second-order valence-corrected chi connectivity index (χ2v) is 8.45. The summed E-state index contributed by atoms with van der Waals surface area (Å²) in [5.41, 5.74) is -1.24. The zero-order chi connectivity index (χ0) is 19.9. The lowest BCUT2D eigenvalue weighted by Gasteiger charge is -2.56. The third-order valence-electron chi connectivity index (χ3n) is 6.65. The van der Waals surface area contributed by atoms with Gasteiger partial charge in [-0.15, -0.1) is 0 Å². The Labute approximate surface area is 154 Å². The third kappa shape index (κ3) is 3.56. The molecule has 0 radical (unpaired) electrons. The Kier molecular flexibility index (Phi) is 5.66. The van der Waals surface area contributed by atoms with E-state index in [9.17, 15) is 24.6 Å². The minimum absolute atomic E-state index is 0.0466. The molecule has 146 valence electrons. The maximum absolute atomic E-state index is 12.6. The van der Waals surface area contributed by atoms with Gasteiger partial charge in [0.05, 0.1) is 5.92 Å². The summed E-state index contributed by atoms with van der Waals surface area (Å²) in [5.74, 6) is -3.23. The quantitative estimate of drug-likeness (QED) is 0.586. The van der Waals surface area contributed by atoms with E-state index in [1.54, 1.807) is 26.8 Å². The molecule has 2 aliphatic carbocycles. The SMILES string of the molecule is C/C=C(/C)C(=O)O[C@H]1CC[C@]2(C)CC(=O)[C@@H](C(C)C(=O)O)C[C@H]2[C@]1(C)O. The van der Waals surface area contributed by atoms with Gasteiger partial charge in [-0.1, -0.05) is 19.9 Å². The summed E-state index contributed by atoms with van der Waals surface area (Å²) in [5, 5.41) is 20.6. The van der Waals surface area contributed by atoms with E-state index in [0.29, 0.717) is 24.8 Å². The van der Waals surface area contributed by atoms with Crippen LogP contribution in [0.3, 0.4) is 0 Å². The number of fused-ring (bicyclic) bond motifs is 1. The Balaban J connectivity index is 2.28. The first-order chi connectivity index (χ1) is 11.9. The van der Waals surface area contributed by atoms with Gasteiger partial charge < -0.3 is 14.9 Å². The van der Waals surface area contributed by atoms with Crippen molar-refractivity contribution in [1.29, 1.82) is 0 Å². The van der Waals surface area contributed by atoms with Crippen molar-refractivity contribution in [3.63, 3.8) is 0 Å². The largest absolute Gasteiger partial charge is 0.481 e. The first-order valence-electron chi connectivity index (χ1n) is 9.25. The van der Waals surface area contributed by atoms with Crippen LogP contribution in [0.15, 0.2) is 11.6 Å². The van der Waals surface area contributed by atoms with Gasteiger partial charge in [-0.05, 0) is 51.4 Å². The number of aliphatic hydroxyl groups is 1. The minimum atomic E-state index is -1.31. The van der Waals surface area contributed by atoms with E-state index in [1.165, 1.54) is 6.92 Å². The Hall–Kier alpha value is -1.69. The fourth-order valence-corrected chi connectivity index (χ4v) is 4.68. The van der Waals surface area contributed by atoms with E-state index in [0.717, 1.165) is 0 Å². The molecule has 0 aromatic carbocycles. The number of carbonyl (C=O) groups excluding carboxylic acids is 2.